The Bertz CT molecular complexity index is 1630. The van der Waals surface area contributed by atoms with Crippen LogP contribution in [0.25, 0.3) is 10.9 Å². The molecule has 2 aromatic heterocycles. The molecule has 2 aliphatic rings. The zero-order valence-corrected chi connectivity index (χ0v) is 23.7. The zero-order chi connectivity index (χ0) is 28.0. The summed E-state index contributed by atoms with van der Waals surface area (Å²) in [5.74, 6) is -0.252. The van der Waals surface area contributed by atoms with Crippen molar-refractivity contribution < 1.29 is 18.7 Å². The van der Waals surface area contributed by atoms with Gasteiger partial charge in [-0.05, 0) is 77.0 Å². The van der Waals surface area contributed by atoms with E-state index in [9.17, 15) is 14.0 Å². The normalized spacial score (nSPS) is 20.8. The third-order valence-electron chi connectivity index (χ3n) is 8.12. The number of likely N-dealkylation sites (tertiary alicyclic amines) is 1. The number of benzene rings is 2. The summed E-state index contributed by atoms with van der Waals surface area (Å²) in [6.07, 6.45) is 2.85. The Balaban J connectivity index is 1.39. The molecule has 40 heavy (non-hydrogen) atoms. The van der Waals surface area contributed by atoms with Crippen molar-refractivity contribution in [2.45, 2.75) is 51.2 Å². The summed E-state index contributed by atoms with van der Waals surface area (Å²) >= 11 is 3.33. The number of halogens is 2. The van der Waals surface area contributed by atoms with E-state index in [0.29, 0.717) is 30.4 Å². The summed E-state index contributed by atoms with van der Waals surface area (Å²) in [7, 11) is 0. The number of aromatic nitrogens is 3. The topological polar surface area (TPSA) is 103 Å². The number of nitrogens with zero attached hydrogens (tertiary/aromatic N) is 4. The number of carbonyl (C=O) groups excluding carboxylic acids is 2. The predicted octanol–water partition coefficient (Wildman–Crippen LogP) is 6.48. The van der Waals surface area contributed by atoms with Crippen LogP contribution in [0.2, 0.25) is 0 Å². The highest BCUT2D eigenvalue weighted by molar-refractivity contribution is 9.10. The van der Waals surface area contributed by atoms with Gasteiger partial charge in [-0.1, -0.05) is 31.2 Å². The van der Waals surface area contributed by atoms with Crippen LogP contribution in [0.4, 0.5) is 19.7 Å². The Morgan fingerprint density at radius 1 is 1.25 bits per heavy atom. The molecule has 2 aliphatic heterocycles. The largest absolute Gasteiger partial charge is 0.417 e. The Labute approximate surface area is 238 Å². The number of H-pyrrole nitrogens is 1. The van der Waals surface area contributed by atoms with Crippen LogP contribution in [-0.2, 0) is 12.1 Å². The molecule has 3 amide bonds. The van der Waals surface area contributed by atoms with Gasteiger partial charge in [0.1, 0.15) is 10.4 Å². The first kappa shape index (κ1) is 26.2. The highest BCUT2D eigenvalue weighted by Crippen LogP contribution is 2.44. The van der Waals surface area contributed by atoms with Gasteiger partial charge < -0.3 is 15.0 Å². The monoisotopic (exact) mass is 606 g/mol. The summed E-state index contributed by atoms with van der Waals surface area (Å²) in [6, 6.07) is 13.5. The summed E-state index contributed by atoms with van der Waals surface area (Å²) in [6.45, 7) is 4.68. The van der Waals surface area contributed by atoms with Crippen LogP contribution in [0, 0.1) is 12.7 Å². The van der Waals surface area contributed by atoms with E-state index in [1.54, 1.807) is 40.3 Å². The number of amides is 3. The molecule has 0 spiro atoms. The average Bonchev–Trinajstić information content (AvgIpc) is 3.42. The van der Waals surface area contributed by atoms with Crippen LogP contribution >= 0.6 is 15.9 Å². The van der Waals surface area contributed by atoms with Gasteiger partial charge in [0.15, 0.2) is 0 Å². The number of aromatic amines is 1. The summed E-state index contributed by atoms with van der Waals surface area (Å²) in [5.41, 5.74) is 3.04. The molecule has 206 valence electrons. The van der Waals surface area contributed by atoms with Crippen molar-refractivity contribution in [3.05, 3.63) is 81.8 Å². The fourth-order valence-corrected chi connectivity index (χ4v) is 6.43. The van der Waals surface area contributed by atoms with Crippen LogP contribution in [0.3, 0.4) is 0 Å². The highest BCUT2D eigenvalue weighted by Gasteiger charge is 2.48. The van der Waals surface area contributed by atoms with Gasteiger partial charge in [0, 0.05) is 30.6 Å². The minimum absolute atomic E-state index is 0.196. The third-order valence-corrected chi connectivity index (χ3v) is 8.56. The van der Waals surface area contributed by atoms with Gasteiger partial charge in [0.25, 0.3) is 0 Å². The summed E-state index contributed by atoms with van der Waals surface area (Å²) in [4.78, 5) is 34.8. The fraction of sp³-hybridized carbons (Fsp3) is 0.310. The van der Waals surface area contributed by atoms with Crippen molar-refractivity contribution in [1.29, 1.82) is 0 Å². The minimum Gasteiger partial charge on any atom is -0.391 e. The Morgan fingerprint density at radius 3 is 2.88 bits per heavy atom. The van der Waals surface area contributed by atoms with Gasteiger partial charge in [0.2, 0.25) is 5.88 Å². The molecule has 2 aromatic carbocycles. The standard InChI is InChI=1S/C29H28BrFN6O3/c1-3-29(20-12-17(2)25-19(13-20)15-32-35-25)14-21(36-16-18-6-4-7-22(31)26(18)34-27(36)38)10-11-37(29)28(39)40-24-9-5-8-23(30)33-24/h4-9,12-13,15,21H,3,10-11,14,16H2,1-2H3,(H,32,35)(H,34,38). The molecule has 11 heteroatoms. The van der Waals surface area contributed by atoms with Crippen molar-refractivity contribution in [2.24, 2.45) is 0 Å². The molecule has 2 atom stereocenters. The fourth-order valence-electron chi connectivity index (χ4n) is 6.10. The smallest absolute Gasteiger partial charge is 0.391 e. The number of pyridine rings is 1. The first-order valence-electron chi connectivity index (χ1n) is 13.2. The number of hydrogen-bond acceptors (Lipinski definition) is 5. The summed E-state index contributed by atoms with van der Waals surface area (Å²) in [5, 5.41) is 10.9. The molecule has 1 saturated heterocycles. The van der Waals surface area contributed by atoms with E-state index in [0.717, 1.165) is 27.6 Å². The summed E-state index contributed by atoms with van der Waals surface area (Å²) < 4.78 is 20.7. The number of nitrogens with one attached hydrogen (secondary N) is 2. The molecule has 2 N–H and O–H groups in total. The Morgan fingerprint density at radius 2 is 2.08 bits per heavy atom. The number of aryl methyl sites for hydroxylation is 1. The highest BCUT2D eigenvalue weighted by atomic mass is 79.9. The van der Waals surface area contributed by atoms with Gasteiger partial charge in [-0.15, -0.1) is 0 Å². The Kier molecular flexibility index (Phi) is 6.69. The first-order valence-corrected chi connectivity index (χ1v) is 14.0. The molecule has 6 rings (SSSR count). The van der Waals surface area contributed by atoms with Crippen molar-refractivity contribution in [3.8, 4) is 5.88 Å². The molecule has 0 saturated carbocycles. The number of piperidine rings is 1. The van der Waals surface area contributed by atoms with Crippen LogP contribution in [0.5, 0.6) is 5.88 Å². The van der Waals surface area contributed by atoms with Gasteiger partial charge >= 0.3 is 12.1 Å². The van der Waals surface area contributed by atoms with Gasteiger partial charge in [-0.25, -0.2) is 19.0 Å². The molecule has 4 heterocycles. The lowest BCUT2D eigenvalue weighted by molar-refractivity contribution is 0.0107. The maximum absolute atomic E-state index is 14.4. The molecule has 0 radical (unpaired) electrons. The van der Waals surface area contributed by atoms with E-state index >= 15 is 0 Å². The first-order chi connectivity index (χ1) is 19.3. The number of fused-ring (bicyclic) bond motifs is 2. The molecule has 0 bridgehead atoms. The predicted molar refractivity (Wildman–Crippen MR) is 151 cm³/mol. The number of para-hydroxylation sites is 1. The lowest BCUT2D eigenvalue weighted by Gasteiger charge is -2.51. The number of ether oxygens (including phenoxy) is 1. The van der Waals surface area contributed by atoms with Crippen LogP contribution in [0.15, 0.2) is 59.3 Å². The lowest BCUT2D eigenvalue weighted by Crippen LogP contribution is -2.60. The molecular formula is C29H28BrFN6O3. The maximum atomic E-state index is 14.4. The third kappa shape index (κ3) is 4.47. The Hall–Kier alpha value is -3.99. The van der Waals surface area contributed by atoms with E-state index in [4.69, 9.17) is 4.74 Å². The number of hydrogen-bond donors (Lipinski definition) is 2. The molecule has 9 nitrogen and oxygen atoms in total. The van der Waals surface area contributed by atoms with Crippen molar-refractivity contribution in [2.75, 3.05) is 11.9 Å². The number of urea groups is 1. The van der Waals surface area contributed by atoms with E-state index in [-0.39, 0.29) is 30.2 Å². The molecule has 0 aliphatic carbocycles. The van der Waals surface area contributed by atoms with Crippen molar-refractivity contribution in [3.63, 3.8) is 0 Å². The van der Waals surface area contributed by atoms with Gasteiger partial charge in [0.05, 0.1) is 22.9 Å². The van der Waals surface area contributed by atoms with E-state index in [2.05, 4.69) is 48.6 Å². The molecule has 2 unspecified atom stereocenters. The van der Waals surface area contributed by atoms with Crippen molar-refractivity contribution in [1.82, 2.24) is 25.0 Å². The molecule has 4 aromatic rings. The number of carbonyl (C=O) groups is 2. The second-order valence-corrected chi connectivity index (χ2v) is 11.1. The van der Waals surface area contributed by atoms with Crippen LogP contribution in [-0.4, -0.2) is 49.7 Å². The van der Waals surface area contributed by atoms with Gasteiger partial charge in [-0.2, -0.15) is 5.10 Å². The van der Waals surface area contributed by atoms with Crippen LogP contribution in [0.1, 0.15) is 42.9 Å². The minimum atomic E-state index is -0.787. The van der Waals surface area contributed by atoms with E-state index in [1.807, 2.05) is 19.9 Å². The SMILES string of the molecule is CCC1(c2cc(C)c3[nH]ncc3c2)CC(N2Cc3cccc(F)c3NC2=O)CCN1C(=O)Oc1cccc(Br)n1. The van der Waals surface area contributed by atoms with E-state index < -0.39 is 17.4 Å². The number of rotatable bonds is 4. The maximum Gasteiger partial charge on any atom is 0.417 e. The van der Waals surface area contributed by atoms with Crippen LogP contribution < -0.4 is 10.1 Å². The average molecular weight is 607 g/mol. The van der Waals surface area contributed by atoms with Crippen molar-refractivity contribution >= 4 is 44.6 Å². The molecule has 1 fully saturated rings. The number of anilines is 1. The second kappa shape index (κ2) is 10.2. The zero-order valence-electron chi connectivity index (χ0n) is 22.1. The quantitative estimate of drug-likeness (QED) is 0.259. The van der Waals surface area contributed by atoms with Gasteiger partial charge in [-0.3, -0.25) is 10.00 Å². The molecular weight excluding hydrogens is 579 g/mol. The second-order valence-electron chi connectivity index (χ2n) is 10.3. The lowest BCUT2D eigenvalue weighted by atomic mass is 9.75. The van der Waals surface area contributed by atoms with E-state index in [1.165, 1.54) is 6.07 Å².